The summed E-state index contributed by atoms with van der Waals surface area (Å²) in [5.74, 6) is 0.752. The number of imidazole rings is 1. The van der Waals surface area contributed by atoms with Crippen molar-refractivity contribution in [2.45, 2.75) is 33.0 Å². The summed E-state index contributed by atoms with van der Waals surface area (Å²) in [5, 5.41) is 0. The van der Waals surface area contributed by atoms with Crippen LogP contribution in [0.15, 0.2) is 61.1 Å². The number of carbonyl (C=O) groups is 1. The van der Waals surface area contributed by atoms with E-state index < -0.39 is 11.7 Å². The molecule has 3 rings (SSSR count). The van der Waals surface area contributed by atoms with E-state index in [-0.39, 0.29) is 0 Å². The lowest BCUT2D eigenvalue weighted by Gasteiger charge is -2.19. The van der Waals surface area contributed by atoms with Gasteiger partial charge in [0.15, 0.2) is 0 Å². The number of ether oxygens (including phenoxy) is 2. The summed E-state index contributed by atoms with van der Waals surface area (Å²) < 4.78 is 12.4. The van der Waals surface area contributed by atoms with Crippen molar-refractivity contribution >= 4 is 11.8 Å². The highest BCUT2D eigenvalue weighted by atomic mass is 16.6. The minimum absolute atomic E-state index is 0.454. The zero-order valence-corrected chi connectivity index (χ0v) is 15.7. The Morgan fingerprint density at radius 2 is 1.74 bits per heavy atom. The van der Waals surface area contributed by atoms with Crippen LogP contribution in [0, 0.1) is 0 Å². The topological polar surface area (TPSA) is 79.4 Å². The van der Waals surface area contributed by atoms with E-state index in [1.165, 1.54) is 10.9 Å². The fraction of sp³-hybridized carbons (Fsp3) is 0.238. The number of benzene rings is 2. The summed E-state index contributed by atoms with van der Waals surface area (Å²) in [6.07, 6.45) is 2.65. The maximum absolute atomic E-state index is 12.1. The number of nitrogens with zero attached hydrogens (tertiary/aromatic N) is 2. The molecule has 1 heterocycles. The molecule has 1 aromatic heterocycles. The molecular formula is C21H23N3O3. The summed E-state index contributed by atoms with van der Waals surface area (Å²) >= 11 is 0. The van der Waals surface area contributed by atoms with E-state index in [1.54, 1.807) is 6.20 Å². The van der Waals surface area contributed by atoms with Gasteiger partial charge in [-0.2, -0.15) is 0 Å². The highest BCUT2D eigenvalue weighted by Crippen LogP contribution is 2.22. The van der Waals surface area contributed by atoms with E-state index in [9.17, 15) is 4.79 Å². The monoisotopic (exact) mass is 365 g/mol. The van der Waals surface area contributed by atoms with Crippen LogP contribution in [0.4, 0.5) is 10.5 Å². The van der Waals surface area contributed by atoms with Crippen molar-refractivity contribution in [1.29, 1.82) is 0 Å². The second-order valence-electron chi connectivity index (χ2n) is 7.20. The quantitative estimate of drug-likeness (QED) is 0.689. The van der Waals surface area contributed by atoms with Crippen LogP contribution in [0.3, 0.4) is 0 Å². The van der Waals surface area contributed by atoms with Crippen molar-refractivity contribution in [3.8, 4) is 17.0 Å². The lowest BCUT2D eigenvalue weighted by atomic mass is 10.1. The van der Waals surface area contributed by atoms with Crippen LogP contribution in [-0.4, -0.2) is 21.2 Å². The Labute approximate surface area is 158 Å². The van der Waals surface area contributed by atoms with E-state index >= 15 is 0 Å². The second-order valence-corrected chi connectivity index (χ2v) is 7.20. The first kappa shape index (κ1) is 18.5. The van der Waals surface area contributed by atoms with Gasteiger partial charge in [0.1, 0.15) is 24.3 Å². The number of rotatable bonds is 4. The van der Waals surface area contributed by atoms with Gasteiger partial charge >= 0.3 is 6.09 Å². The Bertz CT molecular complexity index is 907. The summed E-state index contributed by atoms with van der Waals surface area (Å²) in [4.78, 5) is 16.4. The molecular weight excluding hydrogens is 342 g/mol. The van der Waals surface area contributed by atoms with Gasteiger partial charge in [0, 0.05) is 17.4 Å². The van der Waals surface area contributed by atoms with Crippen molar-refractivity contribution < 1.29 is 14.3 Å². The second kappa shape index (κ2) is 7.53. The Morgan fingerprint density at radius 1 is 1.07 bits per heavy atom. The van der Waals surface area contributed by atoms with Crippen molar-refractivity contribution in [3.63, 3.8) is 0 Å². The number of aromatic nitrogens is 2. The first-order valence-electron chi connectivity index (χ1n) is 8.65. The van der Waals surface area contributed by atoms with Crippen LogP contribution in [0.25, 0.3) is 11.3 Å². The average Bonchev–Trinajstić information content (AvgIpc) is 3.11. The molecule has 0 aliphatic rings. The minimum atomic E-state index is -0.551. The van der Waals surface area contributed by atoms with E-state index in [1.807, 2.05) is 69.3 Å². The maximum atomic E-state index is 12.1. The van der Waals surface area contributed by atoms with Gasteiger partial charge in [-0.1, -0.05) is 12.1 Å². The summed E-state index contributed by atoms with van der Waals surface area (Å²) in [5.41, 5.74) is 8.48. The van der Waals surface area contributed by atoms with Gasteiger partial charge in [-0.3, -0.25) is 0 Å². The molecule has 2 N–H and O–H groups in total. The Balaban J connectivity index is 1.63. The van der Waals surface area contributed by atoms with Gasteiger partial charge in [0.25, 0.3) is 0 Å². The summed E-state index contributed by atoms with van der Waals surface area (Å²) in [7, 11) is 0. The molecule has 0 aliphatic carbocycles. The number of anilines is 1. The lowest BCUT2D eigenvalue weighted by molar-refractivity contribution is 0.0536. The molecule has 0 aliphatic heterocycles. The standard InChI is InChI=1S/C21H23N3O3/c1-21(2,3)27-20(25)24-12-19(23-14-24)16-6-10-18(11-7-16)26-13-15-4-8-17(22)9-5-15/h4-12,14H,13,22H2,1-3H3. The SMILES string of the molecule is CC(C)(C)OC(=O)n1cnc(-c2ccc(OCc3ccc(N)cc3)cc2)c1. The fourth-order valence-electron chi connectivity index (χ4n) is 2.39. The zero-order valence-electron chi connectivity index (χ0n) is 15.7. The molecule has 0 saturated heterocycles. The molecule has 0 atom stereocenters. The van der Waals surface area contributed by atoms with Gasteiger partial charge in [-0.25, -0.2) is 14.3 Å². The largest absolute Gasteiger partial charge is 0.489 e. The van der Waals surface area contributed by atoms with E-state index in [2.05, 4.69) is 4.98 Å². The average molecular weight is 365 g/mol. The molecule has 2 aromatic carbocycles. The number of hydrogen-bond acceptors (Lipinski definition) is 5. The molecule has 0 amide bonds. The fourth-order valence-corrected chi connectivity index (χ4v) is 2.39. The first-order chi connectivity index (χ1) is 12.8. The van der Waals surface area contributed by atoms with E-state index in [0.29, 0.717) is 12.3 Å². The predicted molar refractivity (Wildman–Crippen MR) is 104 cm³/mol. The van der Waals surface area contributed by atoms with Crippen molar-refractivity contribution in [3.05, 3.63) is 66.6 Å². The van der Waals surface area contributed by atoms with Crippen molar-refractivity contribution in [2.75, 3.05) is 5.73 Å². The molecule has 0 spiro atoms. The summed E-state index contributed by atoms with van der Waals surface area (Å²) in [6, 6.07) is 15.1. The van der Waals surface area contributed by atoms with Gasteiger partial charge in [-0.05, 0) is 62.7 Å². The third-order valence-corrected chi connectivity index (χ3v) is 3.72. The van der Waals surface area contributed by atoms with E-state index in [0.717, 1.165) is 22.6 Å². The molecule has 0 radical (unpaired) electrons. The maximum Gasteiger partial charge on any atom is 0.419 e. The molecule has 6 heteroatoms. The Kier molecular flexibility index (Phi) is 5.16. The molecule has 0 bridgehead atoms. The molecule has 6 nitrogen and oxygen atoms in total. The van der Waals surface area contributed by atoms with Crippen LogP contribution < -0.4 is 10.5 Å². The highest BCUT2D eigenvalue weighted by molar-refractivity contribution is 5.73. The van der Waals surface area contributed by atoms with Crippen LogP contribution in [-0.2, 0) is 11.3 Å². The predicted octanol–water partition coefficient (Wildman–Crippen LogP) is 4.49. The van der Waals surface area contributed by atoms with Crippen LogP contribution in [0.5, 0.6) is 5.75 Å². The van der Waals surface area contributed by atoms with Gasteiger partial charge in [0.05, 0.1) is 5.69 Å². The first-order valence-corrected chi connectivity index (χ1v) is 8.65. The third-order valence-electron chi connectivity index (χ3n) is 3.72. The lowest BCUT2D eigenvalue weighted by Crippen LogP contribution is -2.26. The number of hydrogen-bond donors (Lipinski definition) is 1. The molecule has 0 fully saturated rings. The molecule has 140 valence electrons. The zero-order chi connectivity index (χ0) is 19.4. The van der Waals surface area contributed by atoms with Gasteiger partial charge in [-0.15, -0.1) is 0 Å². The molecule has 0 saturated carbocycles. The Morgan fingerprint density at radius 3 is 2.37 bits per heavy atom. The van der Waals surface area contributed by atoms with Gasteiger partial charge < -0.3 is 15.2 Å². The van der Waals surface area contributed by atoms with Crippen LogP contribution >= 0.6 is 0 Å². The number of nitrogens with two attached hydrogens (primary N) is 1. The highest BCUT2D eigenvalue weighted by Gasteiger charge is 2.18. The van der Waals surface area contributed by atoms with Crippen LogP contribution in [0.1, 0.15) is 26.3 Å². The Hall–Kier alpha value is -3.28. The molecule has 27 heavy (non-hydrogen) atoms. The normalized spacial score (nSPS) is 11.2. The third kappa shape index (κ3) is 5.10. The van der Waals surface area contributed by atoms with E-state index in [4.69, 9.17) is 15.2 Å². The molecule has 0 unspecified atom stereocenters. The minimum Gasteiger partial charge on any atom is -0.489 e. The van der Waals surface area contributed by atoms with Crippen molar-refractivity contribution in [1.82, 2.24) is 9.55 Å². The van der Waals surface area contributed by atoms with Gasteiger partial charge in [0.2, 0.25) is 0 Å². The number of carbonyl (C=O) groups excluding carboxylic acids is 1. The summed E-state index contributed by atoms with van der Waals surface area (Å²) in [6.45, 7) is 5.94. The number of nitrogen functional groups attached to an aromatic ring is 1. The molecule has 3 aromatic rings. The van der Waals surface area contributed by atoms with Crippen molar-refractivity contribution in [2.24, 2.45) is 0 Å². The van der Waals surface area contributed by atoms with Crippen LogP contribution in [0.2, 0.25) is 0 Å². The smallest absolute Gasteiger partial charge is 0.419 e.